The van der Waals surface area contributed by atoms with Crippen molar-refractivity contribution < 1.29 is 28.3 Å². The molecule has 0 saturated carbocycles. The average Bonchev–Trinajstić information content (AvgIpc) is 2.47. The third kappa shape index (κ3) is 11.3. The van der Waals surface area contributed by atoms with E-state index in [9.17, 15) is 23.6 Å². The second-order valence-electron chi connectivity index (χ2n) is 7.31. The Kier molecular flexibility index (Phi) is 10.1. The zero-order valence-corrected chi connectivity index (χ0v) is 16.9. The van der Waals surface area contributed by atoms with Crippen LogP contribution < -0.4 is 16.5 Å². The first-order valence-electron chi connectivity index (χ1n) is 8.40. The third-order valence-electron chi connectivity index (χ3n) is 2.99. The quantitative estimate of drug-likeness (QED) is 0.408. The molecule has 0 fully saturated rings. The normalized spacial score (nSPS) is 13.5. The molecule has 9 nitrogen and oxygen atoms in total. The smallest absolute Gasteiger partial charge is 0.408 e. The van der Waals surface area contributed by atoms with Gasteiger partial charge in [0.05, 0.1) is 6.54 Å². The monoisotopic (exact) mass is 410 g/mol. The van der Waals surface area contributed by atoms with E-state index in [1.807, 2.05) is 13.8 Å². The van der Waals surface area contributed by atoms with Crippen LogP contribution in [0.2, 0.25) is 0 Å². The highest BCUT2D eigenvalue weighted by atomic mass is 35.5. The molecule has 0 aromatic carbocycles. The molecule has 11 heteroatoms. The number of hydrogen-bond acceptors (Lipinski definition) is 5. The van der Waals surface area contributed by atoms with Crippen LogP contribution in [0.4, 0.5) is 9.18 Å². The lowest BCUT2D eigenvalue weighted by Crippen LogP contribution is -2.56. The zero-order chi connectivity index (χ0) is 21.4. The molecule has 156 valence electrons. The number of nitrogens with one attached hydrogen (secondary N) is 2. The van der Waals surface area contributed by atoms with Crippen LogP contribution in [0.5, 0.6) is 0 Å². The number of nitrogens with two attached hydrogens (primary N) is 1. The Bertz CT molecular complexity index is 551. The first kappa shape index (κ1) is 24.9. The number of carbonyl (C=O) groups excluding carboxylic acids is 4. The third-order valence-corrected chi connectivity index (χ3v) is 3.18. The Morgan fingerprint density at radius 3 is 2.19 bits per heavy atom. The molecule has 0 rings (SSSR count). The Labute approximate surface area is 163 Å². The SMILES string of the molecule is CC(C)C[C@H](NC(=O)OC(C)(C)C)C(=O)NN(CCC(N)=O)C(=O)C(F)Cl. The van der Waals surface area contributed by atoms with E-state index in [0.29, 0.717) is 5.01 Å². The Balaban J connectivity index is 5.21. The summed E-state index contributed by atoms with van der Waals surface area (Å²) in [6.07, 6.45) is -0.911. The predicted octanol–water partition coefficient (Wildman–Crippen LogP) is 1.20. The number of rotatable bonds is 8. The molecule has 0 aliphatic carbocycles. The summed E-state index contributed by atoms with van der Waals surface area (Å²) in [5, 5.41) is 2.98. The van der Waals surface area contributed by atoms with Gasteiger partial charge in [-0.15, -0.1) is 0 Å². The maximum atomic E-state index is 13.1. The lowest BCUT2D eigenvalue weighted by molar-refractivity contribution is -0.144. The molecule has 27 heavy (non-hydrogen) atoms. The van der Waals surface area contributed by atoms with Gasteiger partial charge in [0.25, 0.3) is 17.4 Å². The second-order valence-corrected chi connectivity index (χ2v) is 7.69. The van der Waals surface area contributed by atoms with Crippen molar-refractivity contribution >= 4 is 35.4 Å². The molecule has 0 bridgehead atoms. The molecule has 0 aliphatic heterocycles. The number of hydrazine groups is 1. The summed E-state index contributed by atoms with van der Waals surface area (Å²) < 4.78 is 18.3. The van der Waals surface area contributed by atoms with Gasteiger partial charge in [0.2, 0.25) is 5.91 Å². The van der Waals surface area contributed by atoms with E-state index in [2.05, 4.69) is 10.7 Å². The summed E-state index contributed by atoms with van der Waals surface area (Å²) in [7, 11) is 0. The van der Waals surface area contributed by atoms with E-state index < -0.39 is 41.1 Å². The molecule has 4 N–H and O–H groups in total. The van der Waals surface area contributed by atoms with Crippen molar-refractivity contribution in [3.05, 3.63) is 0 Å². The van der Waals surface area contributed by atoms with Gasteiger partial charge in [0, 0.05) is 6.42 Å². The number of hydrogen-bond donors (Lipinski definition) is 3. The van der Waals surface area contributed by atoms with Crippen molar-refractivity contribution in [2.24, 2.45) is 11.7 Å². The van der Waals surface area contributed by atoms with Crippen LogP contribution in [-0.2, 0) is 19.1 Å². The van der Waals surface area contributed by atoms with Crippen molar-refractivity contribution in [2.75, 3.05) is 6.54 Å². The predicted molar refractivity (Wildman–Crippen MR) is 97.0 cm³/mol. The highest BCUT2D eigenvalue weighted by Crippen LogP contribution is 2.10. The fraction of sp³-hybridized carbons (Fsp3) is 0.750. The summed E-state index contributed by atoms with van der Waals surface area (Å²) in [5.41, 5.74) is 3.99. The minimum Gasteiger partial charge on any atom is -0.444 e. The standard InChI is InChI=1S/C16H28ClFN4O5/c1-9(2)8-10(20-15(26)27-16(3,4)5)13(24)21-22(7-6-11(19)23)14(25)12(17)18/h9-10,12H,6-8H2,1-5H3,(H2,19,23)(H,20,26)(H,21,24)/t10-,12?/m0/s1. The minimum absolute atomic E-state index is 0.00686. The van der Waals surface area contributed by atoms with Crippen LogP contribution in [0.1, 0.15) is 47.5 Å². The summed E-state index contributed by atoms with van der Waals surface area (Å²) in [4.78, 5) is 47.2. The zero-order valence-electron chi connectivity index (χ0n) is 16.2. The first-order chi connectivity index (χ1) is 12.2. The molecule has 0 aromatic heterocycles. The fourth-order valence-corrected chi connectivity index (χ4v) is 2.04. The van der Waals surface area contributed by atoms with Crippen LogP contribution in [0.3, 0.4) is 0 Å². The maximum absolute atomic E-state index is 13.1. The van der Waals surface area contributed by atoms with Crippen molar-refractivity contribution in [2.45, 2.75) is 64.7 Å². The lowest BCUT2D eigenvalue weighted by atomic mass is 10.0. The Hall–Kier alpha value is -2.10. The second kappa shape index (κ2) is 10.9. The average molecular weight is 411 g/mol. The summed E-state index contributed by atoms with van der Waals surface area (Å²) in [6, 6.07) is -1.06. The maximum Gasteiger partial charge on any atom is 0.408 e. The number of carbonyl (C=O) groups is 4. The number of ether oxygens (including phenoxy) is 1. The molecule has 4 amide bonds. The minimum atomic E-state index is -2.42. The van der Waals surface area contributed by atoms with E-state index in [1.165, 1.54) is 0 Å². The van der Waals surface area contributed by atoms with Gasteiger partial charge in [-0.05, 0) is 33.1 Å². The molecule has 0 radical (unpaired) electrons. The molecule has 0 saturated heterocycles. The van der Waals surface area contributed by atoms with Gasteiger partial charge in [-0.3, -0.25) is 19.8 Å². The molecular weight excluding hydrogens is 383 g/mol. The molecule has 0 heterocycles. The summed E-state index contributed by atoms with van der Waals surface area (Å²) >= 11 is 5.13. The van der Waals surface area contributed by atoms with Crippen molar-refractivity contribution in [3.8, 4) is 0 Å². The number of halogens is 2. The first-order valence-corrected chi connectivity index (χ1v) is 8.84. The Morgan fingerprint density at radius 2 is 1.78 bits per heavy atom. The largest absolute Gasteiger partial charge is 0.444 e. The molecule has 1 unspecified atom stereocenters. The highest BCUT2D eigenvalue weighted by Gasteiger charge is 2.29. The highest BCUT2D eigenvalue weighted by molar-refractivity contribution is 6.29. The van der Waals surface area contributed by atoms with E-state index in [4.69, 9.17) is 22.1 Å². The summed E-state index contributed by atoms with van der Waals surface area (Å²) in [6.45, 7) is 8.27. The van der Waals surface area contributed by atoms with E-state index in [0.717, 1.165) is 0 Å². The topological polar surface area (TPSA) is 131 Å². The molecule has 0 aliphatic rings. The van der Waals surface area contributed by atoms with Crippen molar-refractivity contribution in [1.82, 2.24) is 15.8 Å². The van der Waals surface area contributed by atoms with E-state index in [-0.39, 0.29) is 25.3 Å². The molecule has 2 atom stereocenters. The van der Waals surface area contributed by atoms with Gasteiger partial charge in [-0.1, -0.05) is 25.4 Å². The van der Waals surface area contributed by atoms with Crippen LogP contribution in [-0.4, -0.2) is 52.6 Å². The van der Waals surface area contributed by atoms with Gasteiger partial charge < -0.3 is 15.8 Å². The number of alkyl halides is 2. The molecular formula is C16H28ClFN4O5. The van der Waals surface area contributed by atoms with E-state index >= 15 is 0 Å². The molecule has 0 aromatic rings. The van der Waals surface area contributed by atoms with Crippen molar-refractivity contribution in [1.29, 1.82) is 0 Å². The van der Waals surface area contributed by atoms with Gasteiger partial charge in [-0.2, -0.15) is 0 Å². The van der Waals surface area contributed by atoms with Gasteiger partial charge in [-0.25, -0.2) is 14.2 Å². The number of amides is 4. The number of nitrogens with zero attached hydrogens (tertiary/aromatic N) is 1. The number of primary amides is 1. The van der Waals surface area contributed by atoms with Gasteiger partial charge in [0.15, 0.2) is 0 Å². The fourth-order valence-electron chi connectivity index (χ4n) is 1.92. The lowest BCUT2D eigenvalue weighted by Gasteiger charge is -2.28. The number of alkyl carbamates (subject to hydrolysis) is 1. The summed E-state index contributed by atoms with van der Waals surface area (Å²) in [5.74, 6) is -2.79. The van der Waals surface area contributed by atoms with Gasteiger partial charge >= 0.3 is 6.09 Å². The van der Waals surface area contributed by atoms with E-state index in [1.54, 1.807) is 20.8 Å². The van der Waals surface area contributed by atoms with Crippen LogP contribution in [0.15, 0.2) is 0 Å². The molecule has 0 spiro atoms. The van der Waals surface area contributed by atoms with Crippen molar-refractivity contribution in [3.63, 3.8) is 0 Å². The van der Waals surface area contributed by atoms with Gasteiger partial charge in [0.1, 0.15) is 11.6 Å². The van der Waals surface area contributed by atoms with Crippen LogP contribution >= 0.6 is 11.6 Å². The van der Waals surface area contributed by atoms with Crippen LogP contribution in [0.25, 0.3) is 0 Å². The van der Waals surface area contributed by atoms with Crippen LogP contribution in [0, 0.1) is 5.92 Å². The Morgan fingerprint density at radius 1 is 1.22 bits per heavy atom.